The topological polar surface area (TPSA) is 89.2 Å². The highest BCUT2D eigenvalue weighted by molar-refractivity contribution is 5.99. The number of ether oxygens (including phenoxy) is 2. The number of carbonyl (C=O) groups excluding carboxylic acids is 1. The van der Waals surface area contributed by atoms with Crippen LogP contribution >= 0.6 is 0 Å². The van der Waals surface area contributed by atoms with Gasteiger partial charge in [-0.25, -0.2) is 0 Å². The van der Waals surface area contributed by atoms with Crippen LogP contribution in [-0.2, 0) is 0 Å². The summed E-state index contributed by atoms with van der Waals surface area (Å²) in [5, 5.41) is 10.1. The highest BCUT2D eigenvalue weighted by atomic mass is 16.5. The molecule has 1 unspecified atom stereocenters. The minimum atomic E-state index is -0.714. The number of amides is 1. The van der Waals surface area contributed by atoms with Crippen molar-refractivity contribution in [2.45, 2.75) is 26.8 Å². The van der Waals surface area contributed by atoms with Gasteiger partial charge in [-0.1, -0.05) is 24.8 Å². The number of nitrogens with zero attached hydrogens (tertiary/aromatic N) is 1. The van der Waals surface area contributed by atoms with Crippen molar-refractivity contribution < 1.29 is 23.8 Å². The largest absolute Gasteiger partial charge is 0.490 e. The average molecular weight is 450 g/mol. The molecule has 1 N–H and O–H groups in total. The number of benzene rings is 2. The third-order valence-corrected chi connectivity index (χ3v) is 5.68. The molecule has 172 valence electrons. The molecule has 0 saturated heterocycles. The molecule has 2 heterocycles. The standard InChI is InChI=1S/C26H27NO6/c1-5-11-32-19-8-7-17(14-20(19)31-6-2)22-21-23(29)18-13-15(3)12-16(4)24(18)33-25(21)26(30)27(22)9-10-28/h5,7-8,12-14,22,28H,1,6,9-11H2,2-4H3. The van der Waals surface area contributed by atoms with E-state index in [0.717, 1.165) is 11.1 Å². The minimum Gasteiger partial charge on any atom is -0.490 e. The van der Waals surface area contributed by atoms with E-state index in [1.165, 1.54) is 4.90 Å². The molecule has 33 heavy (non-hydrogen) atoms. The first-order chi connectivity index (χ1) is 15.9. The van der Waals surface area contributed by atoms with Crippen molar-refractivity contribution in [2.75, 3.05) is 26.4 Å². The summed E-state index contributed by atoms with van der Waals surface area (Å²) in [4.78, 5) is 28.4. The fourth-order valence-corrected chi connectivity index (χ4v) is 4.39. The second-order valence-corrected chi connectivity index (χ2v) is 8.00. The minimum absolute atomic E-state index is 0.0165. The quantitative estimate of drug-likeness (QED) is 0.525. The maximum Gasteiger partial charge on any atom is 0.290 e. The van der Waals surface area contributed by atoms with Crippen LogP contribution in [0.5, 0.6) is 11.5 Å². The van der Waals surface area contributed by atoms with Gasteiger partial charge < -0.3 is 23.9 Å². The van der Waals surface area contributed by atoms with E-state index in [1.54, 1.807) is 30.3 Å². The summed E-state index contributed by atoms with van der Waals surface area (Å²) in [6, 6.07) is 8.29. The van der Waals surface area contributed by atoms with Gasteiger partial charge in [0.25, 0.3) is 5.91 Å². The van der Waals surface area contributed by atoms with Crippen LogP contribution in [-0.4, -0.2) is 42.3 Å². The molecular weight excluding hydrogens is 422 g/mol. The van der Waals surface area contributed by atoms with Gasteiger partial charge in [0.15, 0.2) is 16.9 Å². The number of aryl methyl sites for hydroxylation is 2. The van der Waals surface area contributed by atoms with Gasteiger partial charge in [-0.3, -0.25) is 9.59 Å². The lowest BCUT2D eigenvalue weighted by Gasteiger charge is -2.25. The summed E-state index contributed by atoms with van der Waals surface area (Å²) < 4.78 is 17.5. The Labute approximate surface area is 191 Å². The predicted molar refractivity (Wildman–Crippen MR) is 125 cm³/mol. The van der Waals surface area contributed by atoms with Gasteiger partial charge >= 0.3 is 0 Å². The predicted octanol–water partition coefficient (Wildman–Crippen LogP) is 3.91. The molecule has 0 fully saturated rings. The van der Waals surface area contributed by atoms with Gasteiger partial charge in [0, 0.05) is 6.54 Å². The molecule has 0 spiro atoms. The lowest BCUT2D eigenvalue weighted by Crippen LogP contribution is -2.32. The van der Waals surface area contributed by atoms with E-state index in [-0.39, 0.29) is 29.9 Å². The van der Waals surface area contributed by atoms with Crippen LogP contribution in [0.25, 0.3) is 11.0 Å². The zero-order chi connectivity index (χ0) is 23.7. The van der Waals surface area contributed by atoms with Gasteiger partial charge in [0.1, 0.15) is 12.2 Å². The molecule has 7 heteroatoms. The molecule has 1 aliphatic rings. The van der Waals surface area contributed by atoms with Gasteiger partial charge in [0.05, 0.1) is 30.2 Å². The van der Waals surface area contributed by atoms with E-state index in [9.17, 15) is 14.7 Å². The maximum absolute atomic E-state index is 13.7. The second kappa shape index (κ2) is 9.11. The number of aliphatic hydroxyl groups is 1. The van der Waals surface area contributed by atoms with E-state index in [0.29, 0.717) is 41.2 Å². The molecule has 1 aliphatic heterocycles. The number of carbonyl (C=O) groups is 1. The van der Waals surface area contributed by atoms with Crippen LogP contribution in [0, 0.1) is 13.8 Å². The summed E-state index contributed by atoms with van der Waals surface area (Å²) in [6.45, 7) is 9.83. The molecule has 1 aromatic heterocycles. The number of fused-ring (bicyclic) bond motifs is 2. The average Bonchev–Trinajstić information content (AvgIpc) is 3.06. The van der Waals surface area contributed by atoms with Gasteiger partial charge in [0.2, 0.25) is 5.76 Å². The Morgan fingerprint density at radius 2 is 1.94 bits per heavy atom. The Morgan fingerprint density at radius 3 is 2.64 bits per heavy atom. The van der Waals surface area contributed by atoms with E-state index in [4.69, 9.17) is 13.9 Å². The second-order valence-electron chi connectivity index (χ2n) is 8.00. The number of β-amino-alcohol motifs (C(OH)–C–C–N with tert-alkyl or cyclic N) is 1. The summed E-state index contributed by atoms with van der Waals surface area (Å²) in [7, 11) is 0. The highest BCUT2D eigenvalue weighted by Crippen LogP contribution is 2.41. The molecule has 0 aliphatic carbocycles. The molecule has 0 radical (unpaired) electrons. The first kappa shape index (κ1) is 22.6. The van der Waals surface area contributed by atoms with Gasteiger partial charge in [-0.05, 0) is 55.7 Å². The van der Waals surface area contributed by atoms with E-state index >= 15 is 0 Å². The van der Waals surface area contributed by atoms with Crippen molar-refractivity contribution in [3.8, 4) is 11.5 Å². The normalized spacial score (nSPS) is 15.1. The first-order valence-corrected chi connectivity index (χ1v) is 10.9. The molecule has 0 saturated carbocycles. The van der Waals surface area contributed by atoms with Crippen molar-refractivity contribution in [1.29, 1.82) is 0 Å². The van der Waals surface area contributed by atoms with E-state index < -0.39 is 11.9 Å². The third kappa shape index (κ3) is 3.89. The molecule has 1 amide bonds. The fraction of sp³-hybridized carbons (Fsp3) is 0.308. The summed E-state index contributed by atoms with van der Waals surface area (Å²) >= 11 is 0. The molecule has 7 nitrogen and oxygen atoms in total. The third-order valence-electron chi connectivity index (χ3n) is 5.68. The molecular formula is C26H27NO6. The van der Waals surface area contributed by atoms with Crippen LogP contribution in [0.4, 0.5) is 0 Å². The number of aliphatic hydroxyl groups excluding tert-OH is 1. The lowest BCUT2D eigenvalue weighted by molar-refractivity contribution is 0.0691. The molecule has 4 rings (SSSR count). The molecule has 1 atom stereocenters. The SMILES string of the molecule is C=CCOc1ccc(C2c3c(oc4c(C)cc(C)cc4c3=O)C(=O)N2CCO)cc1OCC. The van der Waals surface area contributed by atoms with Crippen molar-refractivity contribution in [3.63, 3.8) is 0 Å². The molecule has 3 aromatic rings. The number of hydrogen-bond donors (Lipinski definition) is 1. The smallest absolute Gasteiger partial charge is 0.290 e. The van der Waals surface area contributed by atoms with Crippen LogP contribution in [0.3, 0.4) is 0 Å². The van der Waals surface area contributed by atoms with Gasteiger partial charge in [-0.15, -0.1) is 0 Å². The summed E-state index contributed by atoms with van der Waals surface area (Å²) in [5.74, 6) is 0.630. The number of rotatable bonds is 8. The van der Waals surface area contributed by atoms with E-state index in [1.807, 2.05) is 26.8 Å². The highest BCUT2D eigenvalue weighted by Gasteiger charge is 2.42. The van der Waals surface area contributed by atoms with Crippen molar-refractivity contribution >= 4 is 16.9 Å². The van der Waals surface area contributed by atoms with Gasteiger partial charge in [-0.2, -0.15) is 0 Å². The molecule has 0 bridgehead atoms. The van der Waals surface area contributed by atoms with Crippen molar-refractivity contribution in [3.05, 3.63) is 81.2 Å². The van der Waals surface area contributed by atoms with E-state index in [2.05, 4.69) is 6.58 Å². The van der Waals surface area contributed by atoms with Crippen molar-refractivity contribution in [2.24, 2.45) is 0 Å². The Balaban J connectivity index is 1.94. The Kier molecular flexibility index (Phi) is 6.24. The Bertz CT molecular complexity index is 1290. The van der Waals surface area contributed by atoms with Crippen LogP contribution in [0.1, 0.15) is 45.8 Å². The maximum atomic E-state index is 13.7. The summed E-state index contributed by atoms with van der Waals surface area (Å²) in [6.07, 6.45) is 1.64. The zero-order valence-electron chi connectivity index (χ0n) is 19.0. The van der Waals surface area contributed by atoms with Crippen molar-refractivity contribution in [1.82, 2.24) is 4.90 Å². The van der Waals surface area contributed by atoms with Crippen LogP contribution in [0.15, 0.2) is 52.2 Å². The first-order valence-electron chi connectivity index (χ1n) is 10.9. The Hall–Kier alpha value is -3.58. The number of hydrogen-bond acceptors (Lipinski definition) is 6. The Morgan fingerprint density at radius 1 is 1.15 bits per heavy atom. The van der Waals surface area contributed by atoms with Crippen LogP contribution < -0.4 is 14.9 Å². The van der Waals surface area contributed by atoms with Crippen LogP contribution in [0.2, 0.25) is 0 Å². The monoisotopic (exact) mass is 449 g/mol. The fourth-order valence-electron chi connectivity index (χ4n) is 4.39. The lowest BCUT2D eigenvalue weighted by atomic mass is 9.97. The molecule has 2 aromatic carbocycles. The zero-order valence-corrected chi connectivity index (χ0v) is 19.0. The summed E-state index contributed by atoms with van der Waals surface area (Å²) in [5.41, 5.74) is 2.82.